The van der Waals surface area contributed by atoms with Crippen molar-refractivity contribution in [2.24, 2.45) is 0 Å². The summed E-state index contributed by atoms with van der Waals surface area (Å²) in [7, 11) is 0. The molecule has 4 rings (SSSR count). The molecule has 0 saturated carbocycles. The van der Waals surface area contributed by atoms with Crippen molar-refractivity contribution in [3.05, 3.63) is 29.5 Å². The summed E-state index contributed by atoms with van der Waals surface area (Å²) in [6, 6.07) is 3.94. The molecule has 0 radical (unpaired) electrons. The van der Waals surface area contributed by atoms with Gasteiger partial charge in [0.2, 0.25) is 5.91 Å². The van der Waals surface area contributed by atoms with Gasteiger partial charge in [-0.2, -0.15) is 5.26 Å². The summed E-state index contributed by atoms with van der Waals surface area (Å²) in [6.07, 6.45) is 6.88. The molecule has 1 fully saturated rings. The standard InChI is InChI=1S/C20H20N6O2S/c1-12(27)16-10-24-20(29-16)15-9-23-19-14(5-7-22-19)18(15)25-13-3-2-8-26(11-13)17(28)4-6-21/h5,7,9-10,13H,2-4,8,11H2,1H3,(H2,22,23,25). The van der Waals surface area contributed by atoms with Gasteiger partial charge in [0.1, 0.15) is 17.1 Å². The second-order valence-corrected chi connectivity index (χ2v) is 8.06. The first-order valence-corrected chi connectivity index (χ1v) is 10.2. The largest absolute Gasteiger partial charge is 0.379 e. The molecule has 1 aliphatic heterocycles. The Morgan fingerprint density at radius 2 is 2.28 bits per heavy atom. The number of pyridine rings is 1. The molecule has 148 valence electrons. The van der Waals surface area contributed by atoms with Gasteiger partial charge in [0.25, 0.3) is 0 Å². The number of fused-ring (bicyclic) bond motifs is 1. The summed E-state index contributed by atoms with van der Waals surface area (Å²) in [4.78, 5) is 38.2. The highest BCUT2D eigenvalue weighted by Gasteiger charge is 2.25. The number of Topliss-reactive ketones (excluding diaryl/α,β-unsaturated/α-hetero) is 1. The summed E-state index contributed by atoms with van der Waals surface area (Å²) < 4.78 is 0. The van der Waals surface area contributed by atoms with E-state index in [2.05, 4.69) is 20.3 Å². The zero-order valence-electron chi connectivity index (χ0n) is 15.9. The Labute approximate surface area is 171 Å². The average molecular weight is 408 g/mol. The van der Waals surface area contributed by atoms with Crippen LogP contribution in [0.1, 0.15) is 35.9 Å². The minimum atomic E-state index is -0.133. The zero-order chi connectivity index (χ0) is 20.4. The minimum absolute atomic E-state index is 0.0159. The van der Waals surface area contributed by atoms with Crippen molar-refractivity contribution in [2.45, 2.75) is 32.2 Å². The molecule has 8 nitrogen and oxygen atoms in total. The number of carbonyl (C=O) groups excluding carboxylic acids is 2. The SMILES string of the molecule is CC(=O)c1cnc(-c2cnc3[nH]ccc3c2NC2CCCN(C(=O)CC#N)C2)s1. The van der Waals surface area contributed by atoms with Gasteiger partial charge in [-0.15, -0.1) is 11.3 Å². The van der Waals surface area contributed by atoms with E-state index >= 15 is 0 Å². The van der Waals surface area contributed by atoms with E-state index in [0.29, 0.717) is 18.0 Å². The van der Waals surface area contributed by atoms with Gasteiger partial charge in [-0.25, -0.2) is 9.97 Å². The Hall–Kier alpha value is -3.25. The highest BCUT2D eigenvalue weighted by Crippen LogP contribution is 2.36. The molecule has 1 aliphatic rings. The number of nitrogens with one attached hydrogen (secondary N) is 2. The molecule has 1 saturated heterocycles. The monoisotopic (exact) mass is 408 g/mol. The van der Waals surface area contributed by atoms with E-state index < -0.39 is 0 Å². The lowest BCUT2D eigenvalue weighted by atomic mass is 10.0. The van der Waals surface area contributed by atoms with Crippen LogP contribution in [0, 0.1) is 11.3 Å². The van der Waals surface area contributed by atoms with Crippen molar-refractivity contribution in [1.29, 1.82) is 5.26 Å². The van der Waals surface area contributed by atoms with E-state index in [4.69, 9.17) is 5.26 Å². The van der Waals surface area contributed by atoms with Gasteiger partial charge in [-0.3, -0.25) is 9.59 Å². The van der Waals surface area contributed by atoms with Crippen LogP contribution in [-0.4, -0.2) is 50.7 Å². The quantitative estimate of drug-likeness (QED) is 0.627. The smallest absolute Gasteiger partial charge is 0.236 e. The first-order chi connectivity index (χ1) is 14.1. The first-order valence-electron chi connectivity index (χ1n) is 9.41. The molecule has 0 aromatic carbocycles. The van der Waals surface area contributed by atoms with Gasteiger partial charge in [-0.1, -0.05) is 0 Å². The van der Waals surface area contributed by atoms with E-state index in [0.717, 1.165) is 40.1 Å². The summed E-state index contributed by atoms with van der Waals surface area (Å²) in [5.41, 5.74) is 2.48. The number of thiazole rings is 1. The van der Waals surface area contributed by atoms with Gasteiger partial charge < -0.3 is 15.2 Å². The lowest BCUT2D eigenvalue weighted by molar-refractivity contribution is -0.131. The number of hydrogen-bond donors (Lipinski definition) is 2. The highest BCUT2D eigenvalue weighted by molar-refractivity contribution is 7.17. The summed E-state index contributed by atoms with van der Waals surface area (Å²) in [5.74, 6) is -0.148. The second-order valence-electron chi connectivity index (χ2n) is 7.03. The van der Waals surface area contributed by atoms with Crippen molar-refractivity contribution in [2.75, 3.05) is 18.4 Å². The molecular formula is C20H20N6O2S. The van der Waals surface area contributed by atoms with Crippen LogP contribution in [0.25, 0.3) is 21.6 Å². The molecule has 4 heterocycles. The predicted octanol–water partition coefficient (Wildman–Crippen LogP) is 3.21. The molecule has 3 aromatic heterocycles. The second kappa shape index (κ2) is 8.01. The van der Waals surface area contributed by atoms with E-state index in [1.54, 1.807) is 17.3 Å². The van der Waals surface area contributed by atoms with Gasteiger partial charge in [0.05, 0.1) is 22.2 Å². The normalized spacial score (nSPS) is 16.6. The Balaban J connectivity index is 1.67. The molecule has 1 unspecified atom stereocenters. The van der Waals surface area contributed by atoms with Crippen LogP contribution in [0.3, 0.4) is 0 Å². The summed E-state index contributed by atoms with van der Waals surface area (Å²) >= 11 is 1.34. The van der Waals surface area contributed by atoms with Crippen molar-refractivity contribution in [3.63, 3.8) is 0 Å². The van der Waals surface area contributed by atoms with Crippen LogP contribution >= 0.6 is 11.3 Å². The van der Waals surface area contributed by atoms with Crippen LogP contribution in [0.5, 0.6) is 0 Å². The number of hydrogen-bond acceptors (Lipinski definition) is 7. The molecule has 29 heavy (non-hydrogen) atoms. The number of aromatic nitrogens is 3. The Morgan fingerprint density at radius 1 is 1.41 bits per heavy atom. The molecule has 9 heteroatoms. The van der Waals surface area contributed by atoms with Crippen molar-refractivity contribution in [3.8, 4) is 16.6 Å². The fraction of sp³-hybridized carbons (Fsp3) is 0.350. The number of amides is 1. The maximum atomic E-state index is 12.1. The summed E-state index contributed by atoms with van der Waals surface area (Å²) in [5, 5.41) is 14.1. The third-order valence-electron chi connectivity index (χ3n) is 5.02. The van der Waals surface area contributed by atoms with E-state index in [1.807, 2.05) is 18.3 Å². The fourth-order valence-electron chi connectivity index (χ4n) is 3.59. The van der Waals surface area contributed by atoms with Crippen LogP contribution in [0.2, 0.25) is 0 Å². The zero-order valence-corrected chi connectivity index (χ0v) is 16.8. The molecule has 1 atom stereocenters. The number of aromatic amines is 1. The minimum Gasteiger partial charge on any atom is -0.379 e. The maximum absolute atomic E-state index is 12.1. The predicted molar refractivity (Wildman–Crippen MR) is 111 cm³/mol. The molecular weight excluding hydrogens is 388 g/mol. The van der Waals surface area contributed by atoms with E-state index in [1.165, 1.54) is 18.3 Å². The number of rotatable bonds is 5. The van der Waals surface area contributed by atoms with Gasteiger partial charge in [0.15, 0.2) is 5.78 Å². The van der Waals surface area contributed by atoms with E-state index in [9.17, 15) is 9.59 Å². The number of carbonyl (C=O) groups is 2. The number of anilines is 1. The van der Waals surface area contributed by atoms with Crippen LogP contribution in [0.15, 0.2) is 24.7 Å². The molecule has 1 amide bonds. The summed E-state index contributed by atoms with van der Waals surface area (Å²) in [6.45, 7) is 2.75. The van der Waals surface area contributed by atoms with Crippen molar-refractivity contribution >= 4 is 39.7 Å². The number of H-pyrrole nitrogens is 1. The van der Waals surface area contributed by atoms with Gasteiger partial charge in [0, 0.05) is 50.0 Å². The van der Waals surface area contributed by atoms with Crippen LogP contribution in [0.4, 0.5) is 5.69 Å². The Morgan fingerprint density at radius 3 is 3.03 bits per heavy atom. The van der Waals surface area contributed by atoms with E-state index in [-0.39, 0.29) is 24.2 Å². The van der Waals surface area contributed by atoms with Gasteiger partial charge >= 0.3 is 0 Å². The van der Waals surface area contributed by atoms with Crippen LogP contribution in [-0.2, 0) is 4.79 Å². The van der Waals surface area contributed by atoms with Crippen molar-refractivity contribution in [1.82, 2.24) is 19.9 Å². The molecule has 0 spiro atoms. The topological polar surface area (TPSA) is 115 Å². The lowest BCUT2D eigenvalue weighted by Gasteiger charge is -2.33. The third kappa shape index (κ3) is 3.84. The number of nitrogens with zero attached hydrogens (tertiary/aromatic N) is 4. The van der Waals surface area contributed by atoms with Crippen molar-refractivity contribution < 1.29 is 9.59 Å². The van der Waals surface area contributed by atoms with Crippen LogP contribution < -0.4 is 5.32 Å². The fourth-order valence-corrected chi connectivity index (χ4v) is 4.42. The maximum Gasteiger partial charge on any atom is 0.236 e. The van der Waals surface area contributed by atoms with Gasteiger partial charge in [-0.05, 0) is 18.9 Å². The number of nitriles is 1. The average Bonchev–Trinajstić information content (AvgIpc) is 3.38. The number of piperidine rings is 1. The number of likely N-dealkylation sites (tertiary alicyclic amines) is 1. The Bertz CT molecular complexity index is 1110. The molecule has 3 aromatic rings. The number of ketones is 1. The third-order valence-corrected chi connectivity index (χ3v) is 6.15. The first kappa shape index (κ1) is 19.1. The molecule has 0 bridgehead atoms. The molecule has 2 N–H and O–H groups in total. The Kier molecular flexibility index (Phi) is 5.27. The molecule has 0 aliphatic carbocycles. The highest BCUT2D eigenvalue weighted by atomic mass is 32.1. The lowest BCUT2D eigenvalue weighted by Crippen LogP contribution is -2.45.